The normalized spacial score (nSPS) is 18.5. The first kappa shape index (κ1) is 30.8. The van der Waals surface area contributed by atoms with Crippen LogP contribution in [0.4, 0.5) is 18.9 Å². The van der Waals surface area contributed by atoms with Crippen molar-refractivity contribution in [1.82, 2.24) is 14.2 Å². The van der Waals surface area contributed by atoms with Crippen LogP contribution in [-0.4, -0.2) is 72.8 Å². The molecule has 1 fully saturated rings. The Kier molecular flexibility index (Phi) is 8.47. The Morgan fingerprint density at radius 2 is 1.67 bits per heavy atom. The van der Waals surface area contributed by atoms with E-state index in [1.165, 1.54) is 30.3 Å². The first-order chi connectivity index (χ1) is 20.3. The Morgan fingerprint density at radius 3 is 2.33 bits per heavy atom. The van der Waals surface area contributed by atoms with Gasteiger partial charge < -0.3 is 10.0 Å². The van der Waals surface area contributed by atoms with E-state index in [-0.39, 0.29) is 28.4 Å². The number of nitrogens with zero attached hydrogens (tertiary/aromatic N) is 4. The zero-order chi connectivity index (χ0) is 31.1. The molecule has 3 heterocycles. The van der Waals surface area contributed by atoms with Crippen LogP contribution in [0, 0.1) is 13.8 Å². The lowest BCUT2D eigenvalue weighted by atomic mass is 10.0. The van der Waals surface area contributed by atoms with Gasteiger partial charge in [-0.05, 0) is 74.4 Å². The van der Waals surface area contributed by atoms with Gasteiger partial charge in [-0.25, -0.2) is 4.98 Å². The van der Waals surface area contributed by atoms with Gasteiger partial charge in [0.05, 0.1) is 11.1 Å². The van der Waals surface area contributed by atoms with Crippen molar-refractivity contribution in [3.63, 3.8) is 0 Å². The maximum atomic E-state index is 13.9. The van der Waals surface area contributed by atoms with Gasteiger partial charge in [0.1, 0.15) is 5.70 Å². The molecule has 0 spiro atoms. The molecule has 2 aliphatic rings. The molecule has 2 aromatic carbocycles. The monoisotopic (exact) mass is 634 g/mol. The number of carbonyl (C=O) groups excluding carboxylic acids is 1. The molecule has 0 aliphatic carbocycles. The molecule has 3 aromatic rings. The molecule has 2 aliphatic heterocycles. The molecule has 0 radical (unpaired) electrons. The highest BCUT2D eigenvalue weighted by molar-refractivity contribution is 7.89. The van der Waals surface area contributed by atoms with Crippen LogP contribution in [0.5, 0.6) is 0 Å². The second kappa shape index (κ2) is 11.8. The van der Waals surface area contributed by atoms with E-state index in [4.69, 9.17) is 11.6 Å². The van der Waals surface area contributed by atoms with Crippen molar-refractivity contribution in [3.8, 4) is 0 Å². The summed E-state index contributed by atoms with van der Waals surface area (Å²) in [6, 6.07) is 12.9. The molecular weight excluding hydrogens is 605 g/mol. The van der Waals surface area contributed by atoms with Gasteiger partial charge >= 0.3 is 6.18 Å². The molecule has 5 rings (SSSR count). The van der Waals surface area contributed by atoms with Gasteiger partial charge in [-0.2, -0.15) is 21.6 Å². The van der Waals surface area contributed by atoms with Crippen molar-refractivity contribution in [1.29, 1.82) is 0 Å². The number of hydrogen-bond acceptors (Lipinski definition) is 7. The standard InChI is InChI=1S/C30H30ClF3N4O4S/c1-19-17-20(2)35-29-25(19)28(40)26(27(39)21-7-9-23(31)10-8-21)38(43(29,41)42)12-4-11-36-13-15-37(16-14-36)24-6-3-5-22(18-24)30(32,33)34/h3,5-10,17-18,39H,4,11-16H2,1-2H3/b27-26-. The van der Waals surface area contributed by atoms with Gasteiger partial charge in [0.15, 0.2) is 10.8 Å². The minimum absolute atomic E-state index is 0.0666. The Bertz CT molecular complexity index is 1690. The van der Waals surface area contributed by atoms with Gasteiger partial charge in [-0.1, -0.05) is 17.7 Å². The minimum Gasteiger partial charge on any atom is -0.505 e. The highest BCUT2D eigenvalue weighted by atomic mass is 35.5. The number of ketones is 1. The molecule has 8 nitrogen and oxygen atoms in total. The van der Waals surface area contributed by atoms with Crippen molar-refractivity contribution >= 4 is 38.9 Å². The average Bonchev–Trinajstić information content (AvgIpc) is 2.95. The summed E-state index contributed by atoms with van der Waals surface area (Å²) in [7, 11) is -4.30. The van der Waals surface area contributed by atoms with Crippen LogP contribution in [0.1, 0.15) is 39.2 Å². The van der Waals surface area contributed by atoms with Crippen molar-refractivity contribution in [2.24, 2.45) is 0 Å². The van der Waals surface area contributed by atoms with Crippen molar-refractivity contribution in [2.45, 2.75) is 31.5 Å². The topological polar surface area (TPSA) is 94.1 Å². The van der Waals surface area contributed by atoms with Crippen LogP contribution in [0.2, 0.25) is 5.02 Å². The summed E-state index contributed by atoms with van der Waals surface area (Å²) >= 11 is 5.99. The third-order valence-corrected chi connectivity index (χ3v) is 9.61. The van der Waals surface area contributed by atoms with Crippen LogP contribution in [0.25, 0.3) is 5.76 Å². The predicted molar refractivity (Wildman–Crippen MR) is 158 cm³/mol. The Hall–Kier alpha value is -3.61. The van der Waals surface area contributed by atoms with Gasteiger partial charge in [0.25, 0.3) is 10.0 Å². The highest BCUT2D eigenvalue weighted by Gasteiger charge is 2.43. The lowest BCUT2D eigenvalue weighted by Crippen LogP contribution is -2.47. The fourth-order valence-corrected chi connectivity index (χ4v) is 7.36. The number of halogens is 4. The minimum atomic E-state index is -4.42. The lowest BCUT2D eigenvalue weighted by molar-refractivity contribution is -0.137. The first-order valence-corrected chi connectivity index (χ1v) is 15.5. The number of allylic oxidation sites excluding steroid dienone is 1. The number of carbonyl (C=O) groups is 1. The number of Topliss-reactive ketones (excluding diaryl/α,β-unsaturated/α-hetero) is 1. The summed E-state index contributed by atoms with van der Waals surface area (Å²) in [4.78, 5) is 22.0. The number of aromatic nitrogens is 1. The number of benzene rings is 2. The molecule has 1 N–H and O–H groups in total. The first-order valence-electron chi connectivity index (χ1n) is 13.7. The summed E-state index contributed by atoms with van der Waals surface area (Å²) in [6.07, 6.45) is -4.09. The zero-order valence-corrected chi connectivity index (χ0v) is 25.1. The van der Waals surface area contributed by atoms with Crippen LogP contribution in [0.15, 0.2) is 65.3 Å². The van der Waals surface area contributed by atoms with Crippen molar-refractivity contribution < 1.29 is 31.5 Å². The summed E-state index contributed by atoms with van der Waals surface area (Å²) in [6.45, 7) is 5.77. The Labute approximate surface area is 253 Å². The second-order valence-electron chi connectivity index (χ2n) is 10.6. The number of aliphatic hydroxyl groups is 1. The Balaban J connectivity index is 1.35. The van der Waals surface area contributed by atoms with Gasteiger partial charge in [-0.15, -0.1) is 0 Å². The molecule has 0 amide bonds. The van der Waals surface area contributed by atoms with E-state index < -0.39 is 33.3 Å². The van der Waals surface area contributed by atoms with Crippen molar-refractivity contribution in [2.75, 3.05) is 44.2 Å². The van der Waals surface area contributed by atoms with E-state index in [9.17, 15) is 31.5 Å². The number of hydrogen-bond donors (Lipinski definition) is 1. The maximum Gasteiger partial charge on any atom is 0.416 e. The quantitative estimate of drug-likeness (QED) is 0.275. The van der Waals surface area contributed by atoms with Crippen LogP contribution in [0.3, 0.4) is 0 Å². The summed E-state index contributed by atoms with van der Waals surface area (Å²) in [5.41, 5.74) is 0.505. The van der Waals surface area contributed by atoms with E-state index in [2.05, 4.69) is 9.88 Å². The third kappa shape index (κ3) is 6.22. The SMILES string of the molecule is Cc1cc(C)c2c(n1)S(=O)(=O)N(CCCN1CCN(c3cccc(C(F)(F)F)c3)CC1)/C(=C(\O)c1ccc(Cl)cc1)C2=O. The Morgan fingerprint density at radius 1 is 1.00 bits per heavy atom. The van der Waals surface area contributed by atoms with Gasteiger partial charge in [0.2, 0.25) is 5.78 Å². The second-order valence-corrected chi connectivity index (χ2v) is 12.8. The van der Waals surface area contributed by atoms with Crippen LogP contribution in [-0.2, 0) is 16.2 Å². The number of fused-ring (bicyclic) bond motifs is 1. The molecular formula is C30H30ClF3N4O4S. The van der Waals surface area contributed by atoms with E-state index in [0.29, 0.717) is 61.1 Å². The van der Waals surface area contributed by atoms with Gasteiger partial charge in [-0.3, -0.25) is 14.0 Å². The average molecular weight is 635 g/mol. The fourth-order valence-electron chi connectivity index (χ4n) is 5.47. The highest BCUT2D eigenvalue weighted by Crippen LogP contribution is 2.37. The molecule has 0 unspecified atom stereocenters. The van der Waals surface area contributed by atoms with Gasteiger partial charge in [0, 0.05) is 61.2 Å². The van der Waals surface area contributed by atoms with Crippen LogP contribution < -0.4 is 4.90 Å². The summed E-state index contributed by atoms with van der Waals surface area (Å²) in [5, 5.41) is 11.3. The fraction of sp³-hybridized carbons (Fsp3) is 0.333. The molecule has 228 valence electrons. The molecule has 43 heavy (non-hydrogen) atoms. The van der Waals surface area contributed by atoms with E-state index in [0.717, 1.165) is 16.4 Å². The van der Waals surface area contributed by atoms with E-state index in [1.807, 2.05) is 4.90 Å². The summed E-state index contributed by atoms with van der Waals surface area (Å²) in [5.74, 6) is -1.12. The van der Waals surface area contributed by atoms with E-state index in [1.54, 1.807) is 26.0 Å². The third-order valence-electron chi connectivity index (χ3n) is 7.63. The smallest absolute Gasteiger partial charge is 0.416 e. The number of sulfonamides is 1. The lowest BCUT2D eigenvalue weighted by Gasteiger charge is -2.37. The molecule has 1 aromatic heterocycles. The van der Waals surface area contributed by atoms with E-state index >= 15 is 0 Å². The molecule has 13 heteroatoms. The number of aryl methyl sites for hydroxylation is 2. The molecule has 0 saturated carbocycles. The number of pyridine rings is 1. The number of anilines is 1. The van der Waals surface area contributed by atoms with Crippen LogP contribution >= 0.6 is 11.6 Å². The molecule has 0 atom stereocenters. The molecule has 0 bridgehead atoms. The number of aliphatic hydroxyl groups excluding tert-OH is 1. The maximum absolute atomic E-state index is 13.9. The number of piperazine rings is 1. The van der Waals surface area contributed by atoms with Crippen molar-refractivity contribution in [3.05, 3.63) is 93.3 Å². The molecule has 1 saturated heterocycles. The zero-order valence-electron chi connectivity index (χ0n) is 23.5. The predicted octanol–water partition coefficient (Wildman–Crippen LogP) is 5.70. The summed E-state index contributed by atoms with van der Waals surface area (Å²) < 4.78 is 68.2. The number of alkyl halides is 3. The largest absolute Gasteiger partial charge is 0.505 e. The number of rotatable bonds is 6.